The van der Waals surface area contributed by atoms with E-state index >= 15 is 0 Å². The second kappa shape index (κ2) is 9.37. The van der Waals surface area contributed by atoms with Crippen LogP contribution in [0.1, 0.15) is 26.3 Å². The molecule has 1 aliphatic rings. The quantitative estimate of drug-likeness (QED) is 0.226. The summed E-state index contributed by atoms with van der Waals surface area (Å²) < 4.78 is 2.29. The van der Waals surface area contributed by atoms with Crippen molar-refractivity contribution in [3.63, 3.8) is 0 Å². The summed E-state index contributed by atoms with van der Waals surface area (Å²) in [6, 6.07) is 32.4. The van der Waals surface area contributed by atoms with Crippen molar-refractivity contribution < 1.29 is 0 Å². The van der Waals surface area contributed by atoms with Crippen molar-refractivity contribution in [2.75, 3.05) is 35.5 Å². The fourth-order valence-electron chi connectivity index (χ4n) is 5.91. The van der Waals surface area contributed by atoms with Gasteiger partial charge in [-0.25, -0.2) is 9.97 Å². The topological polar surface area (TPSA) is 40.4 Å². The molecule has 6 heteroatoms. The molecule has 3 aromatic heterocycles. The lowest BCUT2D eigenvalue weighted by atomic mass is 9.88. The number of para-hydroxylation sites is 3. The Morgan fingerprint density at radius 2 is 1.46 bits per heavy atom. The maximum atomic E-state index is 4.84. The monoisotopic (exact) mass is 538 g/mol. The van der Waals surface area contributed by atoms with E-state index < -0.39 is 0 Å². The minimum absolute atomic E-state index is 0.0309. The summed E-state index contributed by atoms with van der Waals surface area (Å²) in [4.78, 5) is 16.4. The van der Waals surface area contributed by atoms with Gasteiger partial charge in [0.05, 0.1) is 29.1 Å². The Kier molecular flexibility index (Phi) is 5.75. The molecule has 0 amide bonds. The van der Waals surface area contributed by atoms with Crippen molar-refractivity contribution in [2.45, 2.75) is 26.2 Å². The van der Waals surface area contributed by atoms with Gasteiger partial charge in [0.15, 0.2) is 0 Å². The summed E-state index contributed by atoms with van der Waals surface area (Å²) >= 11 is 0. The van der Waals surface area contributed by atoms with Gasteiger partial charge in [-0.3, -0.25) is 4.57 Å². The zero-order chi connectivity index (χ0) is 28.3. The van der Waals surface area contributed by atoms with Gasteiger partial charge in [0.1, 0.15) is 11.6 Å². The third-order valence-electron chi connectivity index (χ3n) is 8.21. The van der Waals surface area contributed by atoms with Gasteiger partial charge in [-0.2, -0.15) is 0 Å². The molecule has 0 radical (unpaired) electrons. The third-order valence-corrected chi connectivity index (χ3v) is 8.21. The summed E-state index contributed by atoms with van der Waals surface area (Å²) in [7, 11) is 4.22. The standard InChI is InChI=1S/C35H34N6/c1-35(2,3)24-16-18-37-34(20-24)41-29-11-7-6-10-27(29)28-15-14-25(21-32(28)41)39(5)33-22-26(17-19-36-33)40-23-38(4)30-12-8-9-13-31(30)40/h6-22H,23H2,1-5H3. The van der Waals surface area contributed by atoms with Gasteiger partial charge < -0.3 is 14.7 Å². The van der Waals surface area contributed by atoms with Crippen LogP contribution in [0.5, 0.6) is 0 Å². The highest BCUT2D eigenvalue weighted by Gasteiger charge is 2.25. The molecule has 0 saturated heterocycles. The molecule has 0 saturated carbocycles. The van der Waals surface area contributed by atoms with Gasteiger partial charge in [-0.1, -0.05) is 57.2 Å². The van der Waals surface area contributed by atoms with E-state index in [1.807, 2.05) is 12.4 Å². The number of rotatable bonds is 4. The average molecular weight is 539 g/mol. The molecule has 0 spiro atoms. The summed E-state index contributed by atoms with van der Waals surface area (Å²) in [5, 5.41) is 2.43. The number of aromatic nitrogens is 3. The second-order valence-electron chi connectivity index (χ2n) is 11.9. The second-order valence-corrected chi connectivity index (χ2v) is 11.9. The van der Waals surface area contributed by atoms with Crippen LogP contribution < -0.4 is 14.7 Å². The van der Waals surface area contributed by atoms with E-state index in [0.29, 0.717) is 0 Å². The molecule has 6 aromatic rings. The van der Waals surface area contributed by atoms with Crippen LogP contribution in [0.4, 0.5) is 28.6 Å². The van der Waals surface area contributed by atoms with Crippen molar-refractivity contribution >= 4 is 50.4 Å². The first-order valence-corrected chi connectivity index (χ1v) is 14.1. The zero-order valence-electron chi connectivity index (χ0n) is 24.2. The van der Waals surface area contributed by atoms with Gasteiger partial charge in [-0.05, 0) is 59.5 Å². The number of hydrogen-bond donors (Lipinski definition) is 0. The molecule has 6 nitrogen and oxygen atoms in total. The van der Waals surface area contributed by atoms with Gasteiger partial charge in [-0.15, -0.1) is 0 Å². The Bertz CT molecular complexity index is 1910. The van der Waals surface area contributed by atoms with Crippen LogP contribution in [0, 0.1) is 0 Å². The van der Waals surface area contributed by atoms with Crippen LogP contribution >= 0.6 is 0 Å². The van der Waals surface area contributed by atoms with Crippen molar-refractivity contribution in [1.82, 2.24) is 14.5 Å². The number of benzene rings is 3. The molecule has 7 rings (SSSR count). The maximum absolute atomic E-state index is 4.84. The number of anilines is 5. The Morgan fingerprint density at radius 3 is 2.29 bits per heavy atom. The van der Waals surface area contributed by atoms with E-state index in [4.69, 9.17) is 9.97 Å². The fourth-order valence-corrected chi connectivity index (χ4v) is 5.91. The largest absolute Gasteiger partial charge is 0.355 e. The highest BCUT2D eigenvalue weighted by Crippen LogP contribution is 2.41. The Labute approximate surface area is 241 Å². The average Bonchev–Trinajstić information content (AvgIpc) is 3.51. The van der Waals surface area contributed by atoms with E-state index in [9.17, 15) is 0 Å². The summed E-state index contributed by atoms with van der Waals surface area (Å²) in [6.45, 7) is 7.53. The highest BCUT2D eigenvalue weighted by atomic mass is 15.4. The molecule has 1 aliphatic heterocycles. The van der Waals surface area contributed by atoms with Gasteiger partial charge in [0.25, 0.3) is 0 Å². The number of pyridine rings is 2. The summed E-state index contributed by atoms with van der Waals surface area (Å²) in [5.74, 6) is 1.82. The molecule has 3 aromatic carbocycles. The maximum Gasteiger partial charge on any atom is 0.137 e. The number of hydrogen-bond acceptors (Lipinski definition) is 5. The van der Waals surface area contributed by atoms with E-state index in [0.717, 1.165) is 40.7 Å². The predicted octanol–water partition coefficient (Wildman–Crippen LogP) is 8.18. The Hall–Kier alpha value is -4.84. The molecule has 0 N–H and O–H groups in total. The Morgan fingerprint density at radius 1 is 0.732 bits per heavy atom. The van der Waals surface area contributed by atoms with Crippen molar-refractivity contribution in [3.8, 4) is 5.82 Å². The van der Waals surface area contributed by atoms with Crippen LogP contribution in [0.3, 0.4) is 0 Å². The molecule has 0 aliphatic carbocycles. The molecular weight excluding hydrogens is 504 g/mol. The van der Waals surface area contributed by atoms with Crippen LogP contribution in [0.15, 0.2) is 103 Å². The van der Waals surface area contributed by atoms with E-state index in [2.05, 4.69) is 145 Å². The van der Waals surface area contributed by atoms with Crippen LogP contribution in [-0.2, 0) is 5.41 Å². The van der Waals surface area contributed by atoms with Gasteiger partial charge in [0.2, 0.25) is 0 Å². The number of fused-ring (bicyclic) bond motifs is 4. The van der Waals surface area contributed by atoms with Crippen LogP contribution in [0.25, 0.3) is 27.6 Å². The first kappa shape index (κ1) is 25.1. The molecule has 41 heavy (non-hydrogen) atoms. The molecule has 0 fully saturated rings. The fraction of sp³-hybridized carbons (Fsp3) is 0.200. The molecular formula is C35H34N6. The van der Waals surface area contributed by atoms with Crippen LogP contribution in [-0.4, -0.2) is 35.3 Å². The van der Waals surface area contributed by atoms with Crippen molar-refractivity contribution in [1.29, 1.82) is 0 Å². The lowest BCUT2D eigenvalue weighted by molar-refractivity contribution is 0.588. The SMILES string of the molecule is CN1CN(c2ccnc(N(C)c3ccc4c5ccccc5n(-c5cc(C(C)(C)C)ccn5)c4c3)c2)c2ccccc21. The minimum atomic E-state index is 0.0309. The first-order valence-electron chi connectivity index (χ1n) is 14.1. The minimum Gasteiger partial charge on any atom is -0.355 e. The smallest absolute Gasteiger partial charge is 0.137 e. The highest BCUT2D eigenvalue weighted by molar-refractivity contribution is 6.10. The lowest BCUT2D eigenvalue weighted by Crippen LogP contribution is -2.24. The molecule has 4 heterocycles. The zero-order valence-corrected chi connectivity index (χ0v) is 24.2. The summed E-state index contributed by atoms with van der Waals surface area (Å²) in [5.41, 5.74) is 8.21. The molecule has 0 unspecified atom stereocenters. The van der Waals surface area contributed by atoms with Crippen molar-refractivity contribution in [2.24, 2.45) is 0 Å². The molecule has 204 valence electrons. The number of nitrogens with zero attached hydrogens (tertiary/aromatic N) is 6. The van der Waals surface area contributed by atoms with Gasteiger partial charge in [0, 0.05) is 54.7 Å². The third kappa shape index (κ3) is 4.18. The van der Waals surface area contributed by atoms with Gasteiger partial charge >= 0.3 is 0 Å². The van der Waals surface area contributed by atoms with Crippen LogP contribution in [0.2, 0.25) is 0 Å². The van der Waals surface area contributed by atoms with E-state index in [-0.39, 0.29) is 5.41 Å². The normalized spacial score (nSPS) is 13.3. The lowest BCUT2D eigenvalue weighted by Gasteiger charge is -2.23. The predicted molar refractivity (Wildman–Crippen MR) is 171 cm³/mol. The molecule has 0 bridgehead atoms. The van der Waals surface area contributed by atoms with E-state index in [1.54, 1.807) is 0 Å². The summed E-state index contributed by atoms with van der Waals surface area (Å²) in [6.07, 6.45) is 3.83. The first-order chi connectivity index (χ1) is 19.8. The Balaban J connectivity index is 1.33. The van der Waals surface area contributed by atoms with Crippen molar-refractivity contribution in [3.05, 3.63) is 109 Å². The molecule has 0 atom stereocenters. The van der Waals surface area contributed by atoms with E-state index in [1.165, 1.54) is 27.7 Å².